The summed E-state index contributed by atoms with van der Waals surface area (Å²) in [6.07, 6.45) is 8.12. The van der Waals surface area contributed by atoms with Crippen LogP contribution in [0, 0.1) is 0 Å². The molecule has 0 spiro atoms. The van der Waals surface area contributed by atoms with Gasteiger partial charge in [-0.05, 0) is 19.3 Å². The lowest BCUT2D eigenvalue weighted by molar-refractivity contribution is 0.562. The molecule has 0 bridgehead atoms. The summed E-state index contributed by atoms with van der Waals surface area (Å²) in [5.41, 5.74) is 0. The first kappa shape index (κ1) is 16.7. The summed E-state index contributed by atoms with van der Waals surface area (Å²) < 4.78 is 0. The van der Waals surface area contributed by atoms with Gasteiger partial charge in [0.1, 0.15) is 17.5 Å². The van der Waals surface area contributed by atoms with Crippen molar-refractivity contribution in [3.63, 3.8) is 0 Å². The van der Waals surface area contributed by atoms with Crippen molar-refractivity contribution in [2.24, 2.45) is 0 Å². The first-order valence-electron chi connectivity index (χ1n) is 8.05. The van der Waals surface area contributed by atoms with Gasteiger partial charge in [-0.15, -0.1) is 0 Å². The molecule has 0 aromatic carbocycles. The molecule has 0 saturated heterocycles. The number of unbranched alkanes of at least 4 members (excludes halogenated alkanes) is 1. The molecule has 1 rings (SSSR count). The fraction of sp³-hybridized carbons (Fsp3) is 0.750. The predicted molar refractivity (Wildman–Crippen MR) is 87.4 cm³/mol. The smallest absolute Gasteiger partial charge is 0.133 e. The van der Waals surface area contributed by atoms with Gasteiger partial charge in [0.2, 0.25) is 0 Å². The first-order chi connectivity index (χ1) is 9.73. The molecule has 0 fully saturated rings. The standard InChI is InChI=1S/C16H30N4/c1-5-8-11-13(9-6-2)18-16-12-15(17-4)19-14(20-16)10-7-3/h12-13H,5-11H2,1-4H3,(H2,17,18,19,20). The molecule has 114 valence electrons. The zero-order valence-corrected chi connectivity index (χ0v) is 13.5. The van der Waals surface area contributed by atoms with E-state index in [1.165, 1.54) is 32.1 Å². The zero-order chi connectivity index (χ0) is 14.8. The largest absolute Gasteiger partial charge is 0.373 e. The van der Waals surface area contributed by atoms with E-state index in [2.05, 4.69) is 41.4 Å². The highest BCUT2D eigenvalue weighted by Gasteiger charge is 2.10. The summed E-state index contributed by atoms with van der Waals surface area (Å²) in [5, 5.41) is 6.72. The number of aryl methyl sites for hydroxylation is 1. The van der Waals surface area contributed by atoms with Crippen LogP contribution < -0.4 is 10.6 Å². The molecule has 0 aliphatic heterocycles. The number of nitrogens with zero attached hydrogens (tertiary/aromatic N) is 2. The van der Waals surface area contributed by atoms with Crippen LogP contribution in [0.2, 0.25) is 0 Å². The molecule has 0 radical (unpaired) electrons. The predicted octanol–water partition coefficient (Wildman–Crippen LogP) is 4.24. The fourth-order valence-corrected chi connectivity index (χ4v) is 2.33. The van der Waals surface area contributed by atoms with Gasteiger partial charge < -0.3 is 10.6 Å². The molecule has 0 aliphatic rings. The number of anilines is 2. The normalized spacial score (nSPS) is 12.2. The van der Waals surface area contributed by atoms with Crippen LogP contribution in [0.4, 0.5) is 11.6 Å². The molecule has 1 atom stereocenters. The van der Waals surface area contributed by atoms with E-state index in [-0.39, 0.29) is 0 Å². The van der Waals surface area contributed by atoms with Gasteiger partial charge >= 0.3 is 0 Å². The number of aromatic nitrogens is 2. The Morgan fingerprint density at radius 3 is 2.35 bits per heavy atom. The molecule has 0 aliphatic carbocycles. The van der Waals surface area contributed by atoms with Gasteiger partial charge in [0, 0.05) is 25.6 Å². The highest BCUT2D eigenvalue weighted by Crippen LogP contribution is 2.17. The van der Waals surface area contributed by atoms with Crippen molar-refractivity contribution in [3.8, 4) is 0 Å². The van der Waals surface area contributed by atoms with Crippen molar-refractivity contribution in [2.45, 2.75) is 71.8 Å². The topological polar surface area (TPSA) is 49.8 Å². The quantitative estimate of drug-likeness (QED) is 0.672. The van der Waals surface area contributed by atoms with Gasteiger partial charge in [0.25, 0.3) is 0 Å². The Morgan fingerprint density at radius 1 is 1.00 bits per heavy atom. The summed E-state index contributed by atoms with van der Waals surface area (Å²) in [4.78, 5) is 9.13. The maximum absolute atomic E-state index is 4.64. The Morgan fingerprint density at radius 2 is 1.75 bits per heavy atom. The van der Waals surface area contributed by atoms with Gasteiger partial charge in [-0.3, -0.25) is 0 Å². The van der Waals surface area contributed by atoms with E-state index in [9.17, 15) is 0 Å². The molecule has 4 nitrogen and oxygen atoms in total. The van der Waals surface area contributed by atoms with E-state index in [0.29, 0.717) is 6.04 Å². The number of hydrogen-bond acceptors (Lipinski definition) is 4. The zero-order valence-electron chi connectivity index (χ0n) is 13.5. The molecule has 20 heavy (non-hydrogen) atoms. The molecule has 0 saturated carbocycles. The minimum absolute atomic E-state index is 0.522. The van der Waals surface area contributed by atoms with Crippen LogP contribution in [0.3, 0.4) is 0 Å². The first-order valence-corrected chi connectivity index (χ1v) is 8.05. The Labute approximate surface area is 123 Å². The summed E-state index contributed by atoms with van der Waals surface area (Å²) >= 11 is 0. The van der Waals surface area contributed by atoms with Crippen LogP contribution in [0.5, 0.6) is 0 Å². The molecule has 4 heteroatoms. The van der Waals surface area contributed by atoms with Crippen LogP contribution in [0.1, 0.15) is 65.1 Å². The minimum Gasteiger partial charge on any atom is -0.373 e. The van der Waals surface area contributed by atoms with E-state index in [1.807, 2.05) is 13.1 Å². The lowest BCUT2D eigenvalue weighted by atomic mass is 10.1. The van der Waals surface area contributed by atoms with Crippen molar-refractivity contribution >= 4 is 11.6 Å². The van der Waals surface area contributed by atoms with Gasteiger partial charge in [-0.2, -0.15) is 0 Å². The highest BCUT2D eigenvalue weighted by molar-refractivity contribution is 5.47. The lowest BCUT2D eigenvalue weighted by Gasteiger charge is -2.19. The average molecular weight is 278 g/mol. The fourth-order valence-electron chi connectivity index (χ4n) is 2.33. The Bertz CT molecular complexity index is 379. The van der Waals surface area contributed by atoms with Crippen LogP contribution in [-0.2, 0) is 6.42 Å². The van der Waals surface area contributed by atoms with Gasteiger partial charge in [-0.25, -0.2) is 9.97 Å². The van der Waals surface area contributed by atoms with Gasteiger partial charge in [0.05, 0.1) is 0 Å². The van der Waals surface area contributed by atoms with E-state index in [0.717, 1.165) is 30.3 Å². The summed E-state index contributed by atoms with van der Waals surface area (Å²) in [6, 6.07) is 2.53. The van der Waals surface area contributed by atoms with Gasteiger partial charge in [0.15, 0.2) is 0 Å². The van der Waals surface area contributed by atoms with Gasteiger partial charge in [-0.1, -0.05) is 40.0 Å². The number of hydrogen-bond donors (Lipinski definition) is 2. The van der Waals surface area contributed by atoms with Crippen LogP contribution in [-0.4, -0.2) is 23.1 Å². The second-order valence-corrected chi connectivity index (χ2v) is 5.33. The van der Waals surface area contributed by atoms with Crippen LogP contribution in [0.15, 0.2) is 6.07 Å². The van der Waals surface area contributed by atoms with Crippen molar-refractivity contribution in [3.05, 3.63) is 11.9 Å². The van der Waals surface area contributed by atoms with E-state index in [1.54, 1.807) is 0 Å². The number of nitrogens with one attached hydrogen (secondary N) is 2. The number of rotatable bonds is 10. The molecule has 2 N–H and O–H groups in total. The van der Waals surface area contributed by atoms with Crippen molar-refractivity contribution < 1.29 is 0 Å². The van der Waals surface area contributed by atoms with E-state index >= 15 is 0 Å². The van der Waals surface area contributed by atoms with Crippen LogP contribution >= 0.6 is 0 Å². The summed E-state index contributed by atoms with van der Waals surface area (Å²) in [6.45, 7) is 6.64. The molecule has 1 unspecified atom stereocenters. The Hall–Kier alpha value is -1.32. The third-order valence-corrected chi connectivity index (χ3v) is 3.40. The third kappa shape index (κ3) is 5.76. The maximum atomic E-state index is 4.64. The SMILES string of the molecule is CCCCC(CCC)Nc1cc(NC)nc(CCC)n1. The Kier molecular flexibility index (Phi) is 8.00. The second-order valence-electron chi connectivity index (χ2n) is 5.33. The summed E-state index contributed by atoms with van der Waals surface area (Å²) in [5.74, 6) is 2.78. The lowest BCUT2D eigenvalue weighted by Crippen LogP contribution is -2.20. The third-order valence-electron chi connectivity index (χ3n) is 3.40. The molecular formula is C16H30N4. The average Bonchev–Trinajstić information content (AvgIpc) is 2.45. The van der Waals surface area contributed by atoms with Crippen molar-refractivity contribution in [1.82, 2.24) is 9.97 Å². The van der Waals surface area contributed by atoms with Crippen molar-refractivity contribution in [1.29, 1.82) is 0 Å². The van der Waals surface area contributed by atoms with Crippen LogP contribution in [0.25, 0.3) is 0 Å². The highest BCUT2D eigenvalue weighted by atomic mass is 15.1. The molecule has 1 aromatic rings. The molecular weight excluding hydrogens is 248 g/mol. The molecule has 1 aromatic heterocycles. The van der Waals surface area contributed by atoms with E-state index in [4.69, 9.17) is 0 Å². The maximum Gasteiger partial charge on any atom is 0.133 e. The monoisotopic (exact) mass is 278 g/mol. The minimum atomic E-state index is 0.522. The van der Waals surface area contributed by atoms with Crippen molar-refractivity contribution in [2.75, 3.05) is 17.7 Å². The second kappa shape index (κ2) is 9.56. The molecule has 1 heterocycles. The van der Waals surface area contributed by atoms with E-state index < -0.39 is 0 Å². The molecule has 0 amide bonds. The summed E-state index contributed by atoms with van der Waals surface area (Å²) in [7, 11) is 1.91. The Balaban J connectivity index is 2.78.